The number of alkyl halides is 1. The van der Waals surface area contributed by atoms with Gasteiger partial charge in [0.15, 0.2) is 6.10 Å². The van der Waals surface area contributed by atoms with E-state index >= 15 is 0 Å². The Labute approximate surface area is 104 Å². The van der Waals surface area contributed by atoms with Crippen LogP contribution >= 0.6 is 11.6 Å². The zero-order chi connectivity index (χ0) is 12.8. The second kappa shape index (κ2) is 6.35. The van der Waals surface area contributed by atoms with Crippen LogP contribution < -0.4 is 0 Å². The van der Waals surface area contributed by atoms with Crippen molar-refractivity contribution in [3.05, 3.63) is 35.6 Å². The molecule has 92 valence electrons. The van der Waals surface area contributed by atoms with Crippen molar-refractivity contribution >= 4 is 23.4 Å². The number of hydrogen-bond acceptors (Lipinski definition) is 3. The van der Waals surface area contributed by atoms with Crippen molar-refractivity contribution in [1.82, 2.24) is 0 Å². The van der Waals surface area contributed by atoms with E-state index in [-0.39, 0.29) is 18.1 Å². The van der Waals surface area contributed by atoms with Crippen LogP contribution in [0.2, 0.25) is 0 Å². The van der Waals surface area contributed by atoms with Crippen molar-refractivity contribution in [2.45, 2.75) is 19.4 Å². The van der Waals surface area contributed by atoms with Gasteiger partial charge in [-0.3, -0.25) is 9.59 Å². The summed E-state index contributed by atoms with van der Waals surface area (Å²) < 4.78 is 17.6. The molecule has 1 unspecified atom stereocenters. The largest absolute Gasteiger partial charge is 0.454 e. The lowest BCUT2D eigenvalue weighted by Crippen LogP contribution is -2.27. The van der Waals surface area contributed by atoms with Crippen LogP contribution in [0.1, 0.15) is 23.7 Å². The molecule has 5 heteroatoms. The van der Waals surface area contributed by atoms with Crippen molar-refractivity contribution < 1.29 is 18.7 Å². The average Bonchev–Trinajstić information content (AvgIpc) is 2.28. The molecule has 0 radical (unpaired) electrons. The lowest BCUT2D eigenvalue weighted by molar-refractivity contribution is -0.144. The summed E-state index contributed by atoms with van der Waals surface area (Å²) in [6.07, 6.45) is -0.674. The third kappa shape index (κ3) is 4.15. The van der Waals surface area contributed by atoms with Gasteiger partial charge in [0.1, 0.15) is 5.82 Å². The van der Waals surface area contributed by atoms with Crippen LogP contribution in [0.3, 0.4) is 0 Å². The maximum atomic E-state index is 12.7. The Kier molecular flexibility index (Phi) is 5.10. The smallest absolute Gasteiger partial charge is 0.303 e. The van der Waals surface area contributed by atoms with Crippen LogP contribution in [-0.4, -0.2) is 23.7 Å². The lowest BCUT2D eigenvalue weighted by atomic mass is 10.0. The van der Waals surface area contributed by atoms with Crippen LogP contribution in [0.5, 0.6) is 0 Å². The molecule has 0 saturated carbocycles. The molecule has 0 aliphatic rings. The number of ketones is 1. The summed E-state index contributed by atoms with van der Waals surface area (Å²) in [5.74, 6) is -1.15. The maximum Gasteiger partial charge on any atom is 0.303 e. The van der Waals surface area contributed by atoms with Gasteiger partial charge in [-0.1, -0.05) is 0 Å². The van der Waals surface area contributed by atoms with E-state index < -0.39 is 17.9 Å². The molecule has 17 heavy (non-hydrogen) atoms. The first-order chi connectivity index (χ1) is 8.04. The molecule has 1 rings (SSSR count). The van der Waals surface area contributed by atoms with Crippen molar-refractivity contribution in [2.24, 2.45) is 0 Å². The normalized spacial score (nSPS) is 11.9. The molecule has 1 atom stereocenters. The fraction of sp³-hybridized carbons (Fsp3) is 0.333. The molecule has 0 amide bonds. The molecule has 0 spiro atoms. The van der Waals surface area contributed by atoms with E-state index in [2.05, 4.69) is 0 Å². The number of halogens is 2. The summed E-state index contributed by atoms with van der Waals surface area (Å²) in [6, 6.07) is 5.06. The van der Waals surface area contributed by atoms with Gasteiger partial charge >= 0.3 is 5.97 Å². The lowest BCUT2D eigenvalue weighted by Gasteiger charge is -2.14. The first-order valence-corrected chi connectivity index (χ1v) is 5.61. The Bertz CT molecular complexity index is 403. The third-order valence-electron chi connectivity index (χ3n) is 2.10. The first kappa shape index (κ1) is 13.6. The Morgan fingerprint density at radius 3 is 2.41 bits per heavy atom. The highest BCUT2D eigenvalue weighted by molar-refractivity contribution is 6.18. The molecule has 1 aromatic rings. The standard InChI is InChI=1S/C12H12ClFO3/c1-8(15)17-11(6-7-13)12(16)9-2-4-10(14)5-3-9/h2-5,11H,6-7H2,1H3. The molecule has 0 N–H and O–H groups in total. The Hall–Kier alpha value is -1.42. The van der Waals surface area contributed by atoms with Crippen molar-refractivity contribution in [1.29, 1.82) is 0 Å². The highest BCUT2D eigenvalue weighted by Gasteiger charge is 2.22. The van der Waals surface area contributed by atoms with E-state index in [1.54, 1.807) is 0 Å². The molecule has 0 aliphatic carbocycles. The number of hydrogen-bond donors (Lipinski definition) is 0. The summed E-state index contributed by atoms with van der Waals surface area (Å²) in [7, 11) is 0. The van der Waals surface area contributed by atoms with Gasteiger partial charge in [0.05, 0.1) is 0 Å². The number of esters is 1. The van der Waals surface area contributed by atoms with Gasteiger partial charge in [-0.15, -0.1) is 11.6 Å². The monoisotopic (exact) mass is 258 g/mol. The maximum absolute atomic E-state index is 12.7. The third-order valence-corrected chi connectivity index (χ3v) is 2.32. The summed E-state index contributed by atoms with van der Waals surface area (Å²) in [6.45, 7) is 1.22. The molecule has 0 aromatic heterocycles. The second-order valence-electron chi connectivity index (χ2n) is 3.45. The second-order valence-corrected chi connectivity index (χ2v) is 3.82. The van der Waals surface area contributed by atoms with Crippen molar-refractivity contribution in [3.8, 4) is 0 Å². The van der Waals surface area contributed by atoms with E-state index in [0.29, 0.717) is 5.56 Å². The van der Waals surface area contributed by atoms with Gasteiger partial charge in [-0.2, -0.15) is 0 Å². The predicted octanol–water partition coefficient (Wildman–Crippen LogP) is 2.57. The number of rotatable bonds is 5. The predicted molar refractivity (Wildman–Crippen MR) is 61.6 cm³/mol. The van der Waals surface area contributed by atoms with E-state index in [1.165, 1.54) is 31.2 Å². The SMILES string of the molecule is CC(=O)OC(CCCl)C(=O)c1ccc(F)cc1. The molecular formula is C12H12ClFO3. The summed E-state index contributed by atoms with van der Waals surface area (Å²) in [5.41, 5.74) is 0.294. The summed E-state index contributed by atoms with van der Waals surface area (Å²) >= 11 is 5.53. The highest BCUT2D eigenvalue weighted by atomic mass is 35.5. The minimum Gasteiger partial charge on any atom is -0.454 e. The zero-order valence-electron chi connectivity index (χ0n) is 9.28. The fourth-order valence-electron chi connectivity index (χ4n) is 1.34. The van der Waals surface area contributed by atoms with Crippen LogP contribution in [0.15, 0.2) is 24.3 Å². The van der Waals surface area contributed by atoms with E-state index in [9.17, 15) is 14.0 Å². The molecular weight excluding hydrogens is 247 g/mol. The van der Waals surface area contributed by atoms with Gasteiger partial charge in [-0.05, 0) is 24.3 Å². The number of ether oxygens (including phenoxy) is 1. The van der Waals surface area contributed by atoms with Gasteiger partial charge in [0.2, 0.25) is 5.78 Å². The Morgan fingerprint density at radius 1 is 1.35 bits per heavy atom. The topological polar surface area (TPSA) is 43.4 Å². The Morgan fingerprint density at radius 2 is 1.94 bits per heavy atom. The number of carbonyl (C=O) groups excluding carboxylic acids is 2. The van der Waals surface area contributed by atoms with E-state index in [4.69, 9.17) is 16.3 Å². The molecule has 0 fully saturated rings. The van der Waals surface area contributed by atoms with E-state index in [1.807, 2.05) is 0 Å². The fourth-order valence-corrected chi connectivity index (χ4v) is 1.54. The van der Waals surface area contributed by atoms with E-state index in [0.717, 1.165) is 0 Å². The van der Waals surface area contributed by atoms with Crippen LogP contribution in [0.25, 0.3) is 0 Å². The minimum absolute atomic E-state index is 0.199. The molecule has 0 saturated heterocycles. The number of Topliss-reactive ketones (excluding diaryl/α,β-unsaturated/α-hetero) is 1. The number of benzene rings is 1. The van der Waals surface area contributed by atoms with Crippen LogP contribution in [0, 0.1) is 5.82 Å². The average molecular weight is 259 g/mol. The quantitative estimate of drug-likeness (QED) is 0.463. The van der Waals surface area contributed by atoms with Gasteiger partial charge in [-0.25, -0.2) is 4.39 Å². The van der Waals surface area contributed by atoms with Crippen molar-refractivity contribution in [3.63, 3.8) is 0 Å². The summed E-state index contributed by atoms with van der Waals surface area (Å²) in [4.78, 5) is 22.8. The van der Waals surface area contributed by atoms with Gasteiger partial charge in [0.25, 0.3) is 0 Å². The minimum atomic E-state index is -0.907. The molecule has 0 aliphatic heterocycles. The van der Waals surface area contributed by atoms with Gasteiger partial charge in [0, 0.05) is 24.8 Å². The molecule has 1 aromatic carbocycles. The van der Waals surface area contributed by atoms with Crippen LogP contribution in [0.4, 0.5) is 4.39 Å². The molecule has 3 nitrogen and oxygen atoms in total. The molecule has 0 heterocycles. The van der Waals surface area contributed by atoms with Crippen LogP contribution in [-0.2, 0) is 9.53 Å². The summed E-state index contributed by atoms with van der Waals surface area (Å²) in [5, 5.41) is 0. The first-order valence-electron chi connectivity index (χ1n) is 5.07. The number of carbonyl (C=O) groups is 2. The zero-order valence-corrected chi connectivity index (χ0v) is 10.0. The molecule has 0 bridgehead atoms. The Balaban J connectivity index is 2.83. The highest BCUT2D eigenvalue weighted by Crippen LogP contribution is 2.11. The van der Waals surface area contributed by atoms with Gasteiger partial charge < -0.3 is 4.74 Å². The van der Waals surface area contributed by atoms with Crippen molar-refractivity contribution in [2.75, 3.05) is 5.88 Å².